The molecule has 0 bridgehead atoms. The van der Waals surface area contributed by atoms with Gasteiger partial charge in [-0.15, -0.1) is 0 Å². The first-order valence-corrected chi connectivity index (χ1v) is 6.12. The van der Waals surface area contributed by atoms with Gasteiger partial charge < -0.3 is 11.1 Å². The number of nitrogens with two attached hydrogens (primary N) is 1. The molecule has 5 nitrogen and oxygen atoms in total. The Labute approximate surface area is 111 Å². The van der Waals surface area contributed by atoms with Crippen molar-refractivity contribution < 1.29 is 4.79 Å². The van der Waals surface area contributed by atoms with E-state index in [9.17, 15) is 4.79 Å². The number of anilines is 1. The number of amides is 1. The summed E-state index contributed by atoms with van der Waals surface area (Å²) in [6.07, 6.45) is 3.74. The summed E-state index contributed by atoms with van der Waals surface area (Å²) >= 11 is 0. The number of hydrogen-bond acceptors (Lipinski definition) is 4. The van der Waals surface area contributed by atoms with E-state index >= 15 is 0 Å². The Morgan fingerprint density at radius 2 is 1.84 bits per heavy atom. The largest absolute Gasteiger partial charge is 0.382 e. The van der Waals surface area contributed by atoms with E-state index < -0.39 is 0 Å². The third-order valence-corrected chi connectivity index (χ3v) is 2.79. The molecule has 0 radical (unpaired) electrons. The third kappa shape index (κ3) is 3.51. The number of nitrogens with one attached hydrogen (secondary N) is 1. The molecule has 0 saturated carbocycles. The van der Waals surface area contributed by atoms with Crippen LogP contribution >= 0.6 is 0 Å². The van der Waals surface area contributed by atoms with Crippen LogP contribution in [0.4, 0.5) is 5.82 Å². The minimum absolute atomic E-state index is 0.257. The molecule has 0 unspecified atom stereocenters. The van der Waals surface area contributed by atoms with E-state index in [4.69, 9.17) is 5.73 Å². The van der Waals surface area contributed by atoms with Crippen molar-refractivity contribution in [2.45, 2.75) is 19.9 Å². The minimum Gasteiger partial charge on any atom is -0.382 e. The van der Waals surface area contributed by atoms with Crippen LogP contribution in [0.1, 0.15) is 28.5 Å². The molecule has 2 rings (SSSR count). The summed E-state index contributed by atoms with van der Waals surface area (Å²) < 4.78 is 0. The molecule has 1 amide bonds. The Hall–Kier alpha value is -2.43. The highest BCUT2D eigenvalue weighted by Gasteiger charge is 2.06. The van der Waals surface area contributed by atoms with Crippen LogP contribution in [0.5, 0.6) is 0 Å². The molecule has 1 heterocycles. The molecule has 2 aromatic rings. The van der Waals surface area contributed by atoms with Crippen LogP contribution in [-0.2, 0) is 13.0 Å². The Morgan fingerprint density at radius 1 is 1.16 bits per heavy atom. The fraction of sp³-hybridized carbons (Fsp3) is 0.214. The van der Waals surface area contributed by atoms with Crippen molar-refractivity contribution in [2.75, 3.05) is 5.73 Å². The standard InChI is InChI=1S/C14H16N4O/c1-2-10-3-5-11(6-4-10)7-18-14(19)12-8-17-13(15)9-16-12/h3-6,8-9H,2,7H2,1H3,(H2,15,17)(H,18,19). The zero-order valence-corrected chi connectivity index (χ0v) is 10.8. The van der Waals surface area contributed by atoms with Crippen LogP contribution in [0, 0.1) is 0 Å². The second kappa shape index (κ2) is 5.95. The van der Waals surface area contributed by atoms with Gasteiger partial charge in [0, 0.05) is 6.54 Å². The van der Waals surface area contributed by atoms with Crippen LogP contribution < -0.4 is 11.1 Å². The van der Waals surface area contributed by atoms with Crippen LogP contribution in [0.3, 0.4) is 0 Å². The lowest BCUT2D eigenvalue weighted by atomic mass is 10.1. The molecular formula is C14H16N4O. The molecule has 0 aliphatic heterocycles. The average Bonchev–Trinajstić information content (AvgIpc) is 2.46. The highest BCUT2D eigenvalue weighted by atomic mass is 16.1. The molecular weight excluding hydrogens is 240 g/mol. The molecule has 5 heteroatoms. The number of nitrogen functional groups attached to an aromatic ring is 1. The second-order valence-electron chi connectivity index (χ2n) is 4.18. The van der Waals surface area contributed by atoms with Gasteiger partial charge in [-0.25, -0.2) is 9.97 Å². The van der Waals surface area contributed by atoms with Crippen molar-refractivity contribution in [3.63, 3.8) is 0 Å². The van der Waals surface area contributed by atoms with E-state index in [1.807, 2.05) is 12.1 Å². The predicted octanol–water partition coefficient (Wildman–Crippen LogP) is 1.55. The molecule has 0 spiro atoms. The summed E-state index contributed by atoms with van der Waals surface area (Å²) in [5, 5.41) is 2.79. The van der Waals surface area contributed by atoms with Crippen molar-refractivity contribution in [3.05, 3.63) is 53.5 Å². The maximum absolute atomic E-state index is 11.8. The smallest absolute Gasteiger partial charge is 0.271 e. The summed E-state index contributed by atoms with van der Waals surface area (Å²) in [5.74, 6) is 0.0405. The molecule has 3 N–H and O–H groups in total. The fourth-order valence-corrected chi connectivity index (χ4v) is 1.62. The van der Waals surface area contributed by atoms with E-state index in [-0.39, 0.29) is 11.6 Å². The van der Waals surface area contributed by atoms with Crippen LogP contribution in [-0.4, -0.2) is 15.9 Å². The van der Waals surface area contributed by atoms with Gasteiger partial charge in [0.25, 0.3) is 5.91 Å². The van der Waals surface area contributed by atoms with E-state index in [0.29, 0.717) is 12.4 Å². The Bertz CT molecular complexity index is 549. The molecule has 19 heavy (non-hydrogen) atoms. The maximum atomic E-state index is 11.8. The monoisotopic (exact) mass is 256 g/mol. The van der Waals surface area contributed by atoms with E-state index in [2.05, 4.69) is 34.3 Å². The zero-order valence-electron chi connectivity index (χ0n) is 10.8. The molecule has 1 aromatic heterocycles. The first kappa shape index (κ1) is 13.0. The average molecular weight is 256 g/mol. The summed E-state index contributed by atoms with van der Waals surface area (Å²) in [7, 11) is 0. The Morgan fingerprint density at radius 3 is 2.42 bits per heavy atom. The summed E-state index contributed by atoms with van der Waals surface area (Å²) in [6, 6.07) is 8.14. The zero-order chi connectivity index (χ0) is 13.7. The minimum atomic E-state index is -0.257. The highest BCUT2D eigenvalue weighted by Crippen LogP contribution is 2.05. The number of nitrogens with zero attached hydrogens (tertiary/aromatic N) is 2. The summed E-state index contributed by atoms with van der Waals surface area (Å²) in [5.41, 5.74) is 8.00. The lowest BCUT2D eigenvalue weighted by molar-refractivity contribution is 0.0945. The molecule has 0 aliphatic rings. The highest BCUT2D eigenvalue weighted by molar-refractivity contribution is 5.91. The first-order chi connectivity index (χ1) is 9.19. The lowest BCUT2D eigenvalue weighted by Crippen LogP contribution is -2.24. The van der Waals surface area contributed by atoms with Gasteiger partial charge in [-0.3, -0.25) is 4.79 Å². The topological polar surface area (TPSA) is 80.9 Å². The number of aryl methyl sites for hydroxylation is 1. The molecule has 0 saturated heterocycles. The van der Waals surface area contributed by atoms with Crippen molar-refractivity contribution in [1.29, 1.82) is 0 Å². The van der Waals surface area contributed by atoms with Gasteiger partial charge in [0.2, 0.25) is 0 Å². The summed E-state index contributed by atoms with van der Waals surface area (Å²) in [4.78, 5) is 19.5. The number of carbonyl (C=O) groups excluding carboxylic acids is 1. The van der Waals surface area contributed by atoms with Gasteiger partial charge in [0.15, 0.2) is 0 Å². The normalized spacial score (nSPS) is 10.2. The Balaban J connectivity index is 1.94. The van der Waals surface area contributed by atoms with Gasteiger partial charge in [0.1, 0.15) is 11.5 Å². The van der Waals surface area contributed by atoms with Gasteiger partial charge in [-0.05, 0) is 17.5 Å². The van der Waals surface area contributed by atoms with Crippen molar-refractivity contribution in [1.82, 2.24) is 15.3 Å². The van der Waals surface area contributed by atoms with Gasteiger partial charge in [-0.2, -0.15) is 0 Å². The quantitative estimate of drug-likeness (QED) is 0.869. The van der Waals surface area contributed by atoms with Crippen molar-refractivity contribution in [3.8, 4) is 0 Å². The molecule has 0 atom stereocenters. The Kier molecular flexibility index (Phi) is 4.07. The van der Waals surface area contributed by atoms with E-state index in [0.717, 1.165) is 12.0 Å². The second-order valence-corrected chi connectivity index (χ2v) is 4.18. The fourth-order valence-electron chi connectivity index (χ4n) is 1.62. The first-order valence-electron chi connectivity index (χ1n) is 6.12. The molecule has 0 fully saturated rings. The molecule has 98 valence electrons. The van der Waals surface area contributed by atoms with Crippen LogP contribution in [0.2, 0.25) is 0 Å². The van der Waals surface area contributed by atoms with Gasteiger partial charge in [-0.1, -0.05) is 31.2 Å². The van der Waals surface area contributed by atoms with Crippen LogP contribution in [0.15, 0.2) is 36.7 Å². The van der Waals surface area contributed by atoms with Crippen molar-refractivity contribution >= 4 is 11.7 Å². The van der Waals surface area contributed by atoms with Crippen LogP contribution in [0.25, 0.3) is 0 Å². The number of carbonyl (C=O) groups is 1. The van der Waals surface area contributed by atoms with Gasteiger partial charge >= 0.3 is 0 Å². The number of hydrogen-bond donors (Lipinski definition) is 2. The lowest BCUT2D eigenvalue weighted by Gasteiger charge is -2.05. The SMILES string of the molecule is CCc1ccc(CNC(=O)c2cnc(N)cn2)cc1. The van der Waals surface area contributed by atoms with Crippen molar-refractivity contribution in [2.24, 2.45) is 0 Å². The molecule has 0 aliphatic carbocycles. The number of rotatable bonds is 4. The number of benzene rings is 1. The maximum Gasteiger partial charge on any atom is 0.271 e. The summed E-state index contributed by atoms with van der Waals surface area (Å²) in [6.45, 7) is 2.57. The van der Waals surface area contributed by atoms with Gasteiger partial charge in [0.05, 0.1) is 12.4 Å². The molecule has 1 aromatic carbocycles. The van der Waals surface area contributed by atoms with E-state index in [1.54, 1.807) is 0 Å². The van der Waals surface area contributed by atoms with E-state index in [1.165, 1.54) is 18.0 Å². The third-order valence-electron chi connectivity index (χ3n) is 2.79. The number of aromatic nitrogens is 2. The predicted molar refractivity (Wildman–Crippen MR) is 73.4 cm³/mol.